The maximum absolute atomic E-state index is 12.0. The number of hydrogen-bond acceptors (Lipinski definition) is 5. The van der Waals surface area contributed by atoms with Crippen molar-refractivity contribution in [2.75, 3.05) is 5.75 Å². The summed E-state index contributed by atoms with van der Waals surface area (Å²) in [5.41, 5.74) is 1.68. The van der Waals surface area contributed by atoms with E-state index in [1.807, 2.05) is 18.2 Å². The number of rotatable bonds is 7. The van der Waals surface area contributed by atoms with Gasteiger partial charge in [0.2, 0.25) is 17.6 Å². The highest BCUT2D eigenvalue weighted by atomic mass is 35.5. The summed E-state index contributed by atoms with van der Waals surface area (Å²) in [6, 6.07) is 12.6. The second-order valence-corrected chi connectivity index (χ2v) is 7.72. The minimum atomic E-state index is -0.127. The second-order valence-electron chi connectivity index (χ2n) is 5.51. The maximum atomic E-state index is 12.0. The van der Waals surface area contributed by atoms with Gasteiger partial charge in [-0.25, -0.2) is 0 Å². The molecular formula is C18H14Cl3N3O2S. The van der Waals surface area contributed by atoms with Crippen LogP contribution in [0, 0.1) is 0 Å². The van der Waals surface area contributed by atoms with E-state index in [9.17, 15) is 4.79 Å². The molecule has 9 heteroatoms. The molecule has 0 spiro atoms. The smallest absolute Gasteiger partial charge is 0.246 e. The van der Waals surface area contributed by atoms with Gasteiger partial charge in [-0.1, -0.05) is 58.2 Å². The first-order chi connectivity index (χ1) is 13.0. The normalized spacial score (nSPS) is 10.8. The molecule has 5 nitrogen and oxygen atoms in total. The van der Waals surface area contributed by atoms with Gasteiger partial charge in [-0.15, -0.1) is 11.8 Å². The largest absolute Gasteiger partial charge is 0.346 e. The second kappa shape index (κ2) is 9.46. The van der Waals surface area contributed by atoms with Gasteiger partial charge in [-0.2, -0.15) is 4.98 Å². The molecule has 3 rings (SSSR count). The Morgan fingerprint density at radius 1 is 1.07 bits per heavy atom. The highest BCUT2D eigenvalue weighted by Gasteiger charge is 2.12. The molecule has 0 bridgehead atoms. The predicted octanol–water partition coefficient (Wildman–Crippen LogP) is 5.25. The number of carbonyl (C=O) groups is 1. The molecule has 1 heterocycles. The lowest BCUT2D eigenvalue weighted by Crippen LogP contribution is -2.24. The van der Waals surface area contributed by atoms with Crippen LogP contribution < -0.4 is 5.32 Å². The highest BCUT2D eigenvalue weighted by Crippen LogP contribution is 2.25. The van der Waals surface area contributed by atoms with E-state index in [-0.39, 0.29) is 12.5 Å². The van der Waals surface area contributed by atoms with Gasteiger partial charge in [0.25, 0.3) is 0 Å². The predicted molar refractivity (Wildman–Crippen MR) is 109 cm³/mol. The summed E-state index contributed by atoms with van der Waals surface area (Å²) in [7, 11) is 0. The van der Waals surface area contributed by atoms with E-state index in [0.717, 1.165) is 5.56 Å². The van der Waals surface area contributed by atoms with Gasteiger partial charge in [0, 0.05) is 11.3 Å². The number of thioether (sulfide) groups is 1. The van der Waals surface area contributed by atoms with Crippen molar-refractivity contribution in [3.05, 3.63) is 69.0 Å². The van der Waals surface area contributed by atoms with Crippen molar-refractivity contribution in [3.8, 4) is 11.4 Å². The van der Waals surface area contributed by atoms with Crippen molar-refractivity contribution >= 4 is 52.5 Å². The van der Waals surface area contributed by atoms with E-state index in [4.69, 9.17) is 39.3 Å². The lowest BCUT2D eigenvalue weighted by molar-refractivity contribution is -0.118. The van der Waals surface area contributed by atoms with Gasteiger partial charge >= 0.3 is 0 Å². The summed E-state index contributed by atoms with van der Waals surface area (Å²) in [5, 5.41) is 8.19. The van der Waals surface area contributed by atoms with Crippen molar-refractivity contribution in [1.82, 2.24) is 15.5 Å². The fraction of sp³-hybridized carbons (Fsp3) is 0.167. The molecule has 0 aliphatic rings. The number of hydrogen-bond donors (Lipinski definition) is 1. The van der Waals surface area contributed by atoms with Crippen molar-refractivity contribution < 1.29 is 9.32 Å². The van der Waals surface area contributed by atoms with Gasteiger partial charge in [-0.05, 0) is 29.8 Å². The van der Waals surface area contributed by atoms with Gasteiger partial charge in [-0.3, -0.25) is 4.79 Å². The summed E-state index contributed by atoms with van der Waals surface area (Å²) in [4.78, 5) is 16.2. The minimum absolute atomic E-state index is 0.127. The number of nitrogens with zero attached hydrogens (tertiary/aromatic N) is 2. The molecule has 3 aromatic rings. The molecule has 0 aliphatic carbocycles. The van der Waals surface area contributed by atoms with Crippen molar-refractivity contribution in [1.29, 1.82) is 0 Å². The van der Waals surface area contributed by atoms with Crippen LogP contribution in [0.3, 0.4) is 0 Å². The Bertz CT molecular complexity index is 949. The number of aromatic nitrogens is 2. The SMILES string of the molecule is O=C(CSCc1ccc(Cl)c(Cl)c1)NCc1nc(-c2ccccc2Cl)no1. The van der Waals surface area contributed by atoms with E-state index < -0.39 is 0 Å². The van der Waals surface area contributed by atoms with Crippen LogP contribution in [0.5, 0.6) is 0 Å². The molecule has 27 heavy (non-hydrogen) atoms. The van der Waals surface area contributed by atoms with Crippen molar-refractivity contribution in [2.24, 2.45) is 0 Å². The first-order valence-electron chi connectivity index (χ1n) is 7.89. The Kier molecular flexibility index (Phi) is 7.01. The molecule has 1 amide bonds. The molecule has 0 fully saturated rings. The summed E-state index contributed by atoms with van der Waals surface area (Å²) >= 11 is 19.4. The molecule has 0 saturated heterocycles. The van der Waals surface area contributed by atoms with Gasteiger partial charge in [0.1, 0.15) is 0 Å². The fourth-order valence-electron chi connectivity index (χ4n) is 2.19. The number of benzene rings is 2. The first-order valence-corrected chi connectivity index (χ1v) is 10.2. The third-order valence-corrected chi connectivity index (χ3v) is 5.58. The van der Waals surface area contributed by atoms with E-state index >= 15 is 0 Å². The van der Waals surface area contributed by atoms with E-state index in [1.165, 1.54) is 11.8 Å². The maximum Gasteiger partial charge on any atom is 0.246 e. The summed E-state index contributed by atoms with van der Waals surface area (Å²) in [5.74, 6) is 1.52. The third kappa shape index (κ3) is 5.62. The van der Waals surface area contributed by atoms with Crippen LogP contribution >= 0.6 is 46.6 Å². The van der Waals surface area contributed by atoms with Crippen LogP contribution in [0.15, 0.2) is 47.0 Å². The minimum Gasteiger partial charge on any atom is -0.346 e. The van der Waals surface area contributed by atoms with Crippen molar-refractivity contribution in [3.63, 3.8) is 0 Å². The molecule has 0 saturated carbocycles. The summed E-state index contributed by atoms with van der Waals surface area (Å²) in [6.07, 6.45) is 0. The van der Waals surface area contributed by atoms with Gasteiger partial charge < -0.3 is 9.84 Å². The lowest BCUT2D eigenvalue weighted by atomic mass is 10.2. The zero-order valence-electron chi connectivity index (χ0n) is 13.9. The number of carbonyl (C=O) groups excluding carboxylic acids is 1. The molecule has 1 N–H and O–H groups in total. The van der Waals surface area contributed by atoms with Crippen LogP contribution in [-0.2, 0) is 17.1 Å². The van der Waals surface area contributed by atoms with Crippen LogP contribution in [0.25, 0.3) is 11.4 Å². The van der Waals surface area contributed by atoms with E-state index in [2.05, 4.69) is 15.5 Å². The Balaban J connectivity index is 1.45. The Labute approximate surface area is 175 Å². The standard InChI is InChI=1S/C18H14Cl3N3O2S/c19-13-4-2-1-3-12(13)18-23-17(26-24-18)8-22-16(25)10-27-9-11-5-6-14(20)15(21)7-11/h1-7H,8-10H2,(H,22,25). The van der Waals surface area contributed by atoms with Crippen LogP contribution in [-0.4, -0.2) is 21.8 Å². The van der Waals surface area contributed by atoms with Gasteiger partial charge in [0.05, 0.1) is 27.4 Å². The lowest BCUT2D eigenvalue weighted by Gasteiger charge is -2.04. The molecular weight excluding hydrogens is 429 g/mol. The zero-order valence-corrected chi connectivity index (χ0v) is 17.0. The Hall–Kier alpha value is -1.73. The molecule has 1 aromatic heterocycles. The molecule has 0 aliphatic heterocycles. The quantitative estimate of drug-likeness (QED) is 0.541. The van der Waals surface area contributed by atoms with E-state index in [0.29, 0.717) is 43.9 Å². The average Bonchev–Trinajstić information content (AvgIpc) is 3.12. The number of amides is 1. The third-order valence-electron chi connectivity index (χ3n) is 3.51. The summed E-state index contributed by atoms with van der Waals surface area (Å²) < 4.78 is 5.15. The first kappa shape index (κ1) is 20.0. The Morgan fingerprint density at radius 2 is 1.89 bits per heavy atom. The molecule has 2 aromatic carbocycles. The molecule has 0 atom stereocenters. The number of halogens is 3. The van der Waals surface area contributed by atoms with Crippen LogP contribution in [0.2, 0.25) is 15.1 Å². The molecule has 0 radical (unpaired) electrons. The average molecular weight is 443 g/mol. The monoisotopic (exact) mass is 441 g/mol. The van der Waals surface area contributed by atoms with Crippen LogP contribution in [0.1, 0.15) is 11.5 Å². The zero-order chi connectivity index (χ0) is 19.2. The summed E-state index contributed by atoms with van der Waals surface area (Å²) in [6.45, 7) is 0.156. The van der Waals surface area contributed by atoms with Crippen molar-refractivity contribution in [2.45, 2.75) is 12.3 Å². The Morgan fingerprint density at radius 3 is 2.67 bits per heavy atom. The topological polar surface area (TPSA) is 68.0 Å². The van der Waals surface area contributed by atoms with Crippen LogP contribution in [0.4, 0.5) is 0 Å². The van der Waals surface area contributed by atoms with E-state index in [1.54, 1.807) is 24.3 Å². The highest BCUT2D eigenvalue weighted by molar-refractivity contribution is 7.99. The molecule has 0 unspecified atom stereocenters. The van der Waals surface area contributed by atoms with Gasteiger partial charge in [0.15, 0.2) is 0 Å². The fourth-order valence-corrected chi connectivity index (χ4v) is 3.54. The number of nitrogens with one attached hydrogen (secondary N) is 1. The molecule has 140 valence electrons.